The van der Waals surface area contributed by atoms with Crippen molar-refractivity contribution in [2.75, 3.05) is 38.8 Å². The van der Waals surface area contributed by atoms with Crippen molar-refractivity contribution in [1.82, 2.24) is 5.32 Å². The molecule has 1 aromatic rings. The molecular weight excluding hydrogens is 418 g/mol. The van der Waals surface area contributed by atoms with Crippen LogP contribution in [-0.4, -0.2) is 50.9 Å². The number of alkyl halides is 2. The van der Waals surface area contributed by atoms with Gasteiger partial charge < -0.3 is 20.1 Å². The molecule has 0 saturated carbocycles. The third-order valence-corrected chi connectivity index (χ3v) is 5.86. The van der Waals surface area contributed by atoms with Crippen LogP contribution in [0.1, 0.15) is 28.1 Å². The number of rotatable bonds is 7. The molecule has 1 aliphatic heterocycles. The van der Waals surface area contributed by atoms with Crippen LogP contribution in [0, 0.1) is 0 Å². The van der Waals surface area contributed by atoms with E-state index in [0.717, 1.165) is 17.0 Å². The van der Waals surface area contributed by atoms with Gasteiger partial charge in [-0.2, -0.15) is 0 Å². The quantitative estimate of drug-likeness (QED) is 0.505. The van der Waals surface area contributed by atoms with Gasteiger partial charge in [-0.15, -0.1) is 11.3 Å². The summed E-state index contributed by atoms with van der Waals surface area (Å²) in [5, 5.41) is 11.9. The van der Waals surface area contributed by atoms with Crippen molar-refractivity contribution in [3.63, 3.8) is 0 Å². The number of esters is 1. The lowest BCUT2D eigenvalue weighted by Gasteiger charge is -2.35. The van der Waals surface area contributed by atoms with Gasteiger partial charge in [-0.3, -0.25) is 0 Å². The second-order valence-corrected chi connectivity index (χ2v) is 8.10. The normalized spacial score (nSPS) is 16.6. The van der Waals surface area contributed by atoms with E-state index in [1.54, 1.807) is 7.05 Å². The lowest BCUT2D eigenvalue weighted by atomic mass is 10.0. The molecule has 0 spiro atoms. The molecule has 0 unspecified atom stereocenters. The topological polar surface area (TPSA) is 61.8 Å². The Labute approximate surface area is 157 Å². The maximum atomic E-state index is 14.2. The van der Waals surface area contributed by atoms with E-state index in [2.05, 4.69) is 21.2 Å². The van der Waals surface area contributed by atoms with Gasteiger partial charge in [-0.1, -0.05) is 6.08 Å². The van der Waals surface area contributed by atoms with Crippen LogP contribution in [0.2, 0.25) is 0 Å². The lowest BCUT2D eigenvalue weighted by Crippen LogP contribution is -2.45. The number of carbonyl (C=O) groups excluding carboxylic acids is 1. The molecule has 1 aromatic heterocycles. The number of nitrogens with one attached hydrogen (secondary N) is 1. The van der Waals surface area contributed by atoms with E-state index in [0.29, 0.717) is 32.8 Å². The Morgan fingerprint density at radius 3 is 2.88 bits per heavy atom. The van der Waals surface area contributed by atoms with Crippen LogP contribution in [0.25, 0.3) is 0 Å². The molecule has 1 aliphatic rings. The molecule has 0 atom stereocenters. The number of allylic oxidation sites excluding steroid dienone is 1. The Bertz CT molecular complexity index is 664. The number of aliphatic hydroxyl groups excluding tert-OH is 1. The van der Waals surface area contributed by atoms with Crippen LogP contribution in [0.5, 0.6) is 0 Å². The second-order valence-electron chi connectivity index (χ2n) is 5.76. The Morgan fingerprint density at radius 1 is 1.56 bits per heavy atom. The van der Waals surface area contributed by atoms with Gasteiger partial charge in [-0.25, -0.2) is 13.6 Å². The first kappa shape index (κ1) is 20.1. The molecule has 2 heterocycles. The van der Waals surface area contributed by atoms with Gasteiger partial charge in [0.25, 0.3) is 5.92 Å². The number of methoxy groups -OCH3 is 1. The van der Waals surface area contributed by atoms with Crippen molar-refractivity contribution >= 4 is 38.9 Å². The molecule has 140 valence electrons. The summed E-state index contributed by atoms with van der Waals surface area (Å²) in [7, 11) is 3.00. The van der Waals surface area contributed by atoms with Gasteiger partial charge in [0.15, 0.2) is 0 Å². The number of likely N-dealkylation sites (N-methyl/N-ethyl adjacent to an activating group) is 1. The van der Waals surface area contributed by atoms with Crippen LogP contribution in [0.4, 0.5) is 14.5 Å². The maximum Gasteiger partial charge on any atom is 0.350 e. The largest absolute Gasteiger partial charge is 0.465 e. The summed E-state index contributed by atoms with van der Waals surface area (Å²) in [6.45, 7) is -0.173. The standard InChI is InChI=1S/C16H21BrF2N2O3S/c1-20-10(5-3-4-6-22)8-21-9-16(18,19)7-11-12(21)13(15(23)24-2)25-14(11)17/h5,20,22H,3-4,6-9H2,1-2H3/b10-5+. The highest BCUT2D eigenvalue weighted by atomic mass is 79.9. The molecule has 2 rings (SSSR count). The molecular formula is C16H21BrF2N2O3S. The summed E-state index contributed by atoms with van der Waals surface area (Å²) < 4.78 is 33.8. The SMILES string of the molecule is CN/C(=C/CCCO)CN1CC(F)(F)Cc2c(Br)sc(C(=O)OC)c21. The average molecular weight is 439 g/mol. The number of fused-ring (bicyclic) bond motifs is 1. The van der Waals surface area contributed by atoms with Crippen LogP contribution in [0.15, 0.2) is 15.6 Å². The van der Waals surface area contributed by atoms with Gasteiger partial charge >= 0.3 is 5.97 Å². The number of unbranched alkanes of at least 4 members (excludes halogenated alkanes) is 1. The van der Waals surface area contributed by atoms with Crippen LogP contribution in [-0.2, 0) is 11.2 Å². The number of halogens is 3. The molecule has 0 amide bonds. The molecule has 25 heavy (non-hydrogen) atoms. The van der Waals surface area contributed by atoms with Crippen molar-refractivity contribution in [2.24, 2.45) is 0 Å². The zero-order chi connectivity index (χ0) is 18.6. The van der Waals surface area contributed by atoms with Crippen LogP contribution in [0.3, 0.4) is 0 Å². The molecule has 0 aliphatic carbocycles. The Balaban J connectivity index is 2.39. The number of ether oxygens (including phenoxy) is 1. The Kier molecular flexibility index (Phi) is 6.81. The number of carbonyl (C=O) groups is 1. The van der Waals surface area contributed by atoms with Crippen molar-refractivity contribution < 1.29 is 23.4 Å². The van der Waals surface area contributed by atoms with Gasteiger partial charge in [-0.05, 0) is 28.8 Å². The highest BCUT2D eigenvalue weighted by Crippen LogP contribution is 2.46. The first-order valence-corrected chi connectivity index (χ1v) is 9.43. The fourth-order valence-electron chi connectivity index (χ4n) is 2.78. The molecule has 0 fully saturated rings. The summed E-state index contributed by atoms with van der Waals surface area (Å²) in [6.07, 6.45) is 2.71. The van der Waals surface area contributed by atoms with Gasteiger partial charge in [0.05, 0.1) is 29.7 Å². The van der Waals surface area contributed by atoms with E-state index in [4.69, 9.17) is 9.84 Å². The highest BCUT2D eigenvalue weighted by Gasteiger charge is 2.42. The smallest absolute Gasteiger partial charge is 0.350 e. The zero-order valence-electron chi connectivity index (χ0n) is 14.1. The molecule has 5 nitrogen and oxygen atoms in total. The second kappa shape index (κ2) is 8.46. The Morgan fingerprint density at radius 2 is 2.28 bits per heavy atom. The van der Waals surface area contributed by atoms with Crippen molar-refractivity contribution in [1.29, 1.82) is 0 Å². The average Bonchev–Trinajstić information content (AvgIpc) is 2.89. The van der Waals surface area contributed by atoms with Crippen molar-refractivity contribution in [3.05, 3.63) is 26.0 Å². The highest BCUT2D eigenvalue weighted by molar-refractivity contribution is 9.11. The van der Waals surface area contributed by atoms with E-state index < -0.39 is 24.9 Å². The maximum absolute atomic E-state index is 14.2. The molecule has 2 N–H and O–H groups in total. The molecule has 9 heteroatoms. The number of anilines is 1. The van der Waals surface area contributed by atoms with Gasteiger partial charge in [0, 0.05) is 31.3 Å². The molecule has 0 aromatic carbocycles. The molecule has 0 bridgehead atoms. The fraction of sp³-hybridized carbons (Fsp3) is 0.562. The zero-order valence-corrected chi connectivity index (χ0v) is 16.5. The predicted octanol–water partition coefficient (Wildman–Crippen LogP) is 3.17. The fourth-order valence-corrected chi connectivity index (χ4v) is 4.58. The van der Waals surface area contributed by atoms with Crippen LogP contribution >= 0.6 is 27.3 Å². The summed E-state index contributed by atoms with van der Waals surface area (Å²) >= 11 is 4.42. The Hall–Kier alpha value is -1.19. The minimum atomic E-state index is -2.88. The van der Waals surface area contributed by atoms with E-state index in [9.17, 15) is 13.6 Å². The number of nitrogens with zero attached hydrogens (tertiary/aromatic N) is 1. The minimum Gasteiger partial charge on any atom is -0.465 e. The van der Waals surface area contributed by atoms with E-state index >= 15 is 0 Å². The first-order valence-electron chi connectivity index (χ1n) is 7.83. The number of hydrogen-bond donors (Lipinski definition) is 2. The van der Waals surface area contributed by atoms with Crippen molar-refractivity contribution in [3.8, 4) is 0 Å². The number of hydrogen-bond acceptors (Lipinski definition) is 6. The van der Waals surface area contributed by atoms with Gasteiger partial charge in [0.1, 0.15) is 4.88 Å². The van der Waals surface area contributed by atoms with E-state index in [-0.39, 0.29) is 13.2 Å². The third kappa shape index (κ3) is 4.71. The van der Waals surface area contributed by atoms with Crippen LogP contribution < -0.4 is 10.2 Å². The lowest BCUT2D eigenvalue weighted by molar-refractivity contribution is 0.00555. The number of thiophene rings is 1. The van der Waals surface area contributed by atoms with E-state index in [1.807, 2.05) is 6.08 Å². The summed E-state index contributed by atoms with van der Waals surface area (Å²) in [5.74, 6) is -3.41. The molecule has 0 saturated heterocycles. The van der Waals surface area contributed by atoms with Crippen molar-refractivity contribution in [2.45, 2.75) is 25.2 Å². The summed E-state index contributed by atoms with van der Waals surface area (Å²) in [6, 6.07) is 0. The van der Waals surface area contributed by atoms with E-state index in [1.165, 1.54) is 12.0 Å². The summed E-state index contributed by atoms with van der Waals surface area (Å²) in [4.78, 5) is 13.9. The minimum absolute atomic E-state index is 0.0728. The summed E-state index contributed by atoms with van der Waals surface area (Å²) in [5.41, 5.74) is 1.71. The third-order valence-electron chi connectivity index (χ3n) is 3.91. The molecule has 0 radical (unpaired) electrons. The first-order chi connectivity index (χ1) is 11.8. The monoisotopic (exact) mass is 438 g/mol. The number of aliphatic hydroxyl groups is 1. The predicted molar refractivity (Wildman–Crippen MR) is 97.7 cm³/mol. The van der Waals surface area contributed by atoms with Gasteiger partial charge in [0.2, 0.25) is 0 Å².